The highest BCUT2D eigenvalue weighted by Gasteiger charge is 2.31. The molecule has 0 aliphatic carbocycles. The van der Waals surface area contributed by atoms with Crippen molar-refractivity contribution in [1.82, 2.24) is 4.90 Å². The van der Waals surface area contributed by atoms with Gasteiger partial charge in [-0.2, -0.15) is 0 Å². The molecule has 2 rings (SSSR count). The lowest BCUT2D eigenvalue weighted by molar-refractivity contribution is -0.122. The molecule has 0 N–H and O–H groups in total. The standard InChI is InChI=1S/C16H17Cl2NOS2/c1-2-3-4-5-8-19-15(20)14(22-16(19)21)9-11-6-7-12(17)10-13(11)18/h6-7,9-10H,2-5,8H2,1H3/b14-9+. The van der Waals surface area contributed by atoms with Crippen molar-refractivity contribution in [3.8, 4) is 0 Å². The van der Waals surface area contributed by atoms with Gasteiger partial charge in [0.1, 0.15) is 4.32 Å². The van der Waals surface area contributed by atoms with Gasteiger partial charge in [0.05, 0.1) is 4.91 Å². The molecule has 118 valence electrons. The summed E-state index contributed by atoms with van der Waals surface area (Å²) < 4.78 is 0.623. The quantitative estimate of drug-likeness (QED) is 0.358. The lowest BCUT2D eigenvalue weighted by atomic mass is 10.2. The molecule has 0 radical (unpaired) electrons. The Hall–Kier alpha value is -0.550. The Morgan fingerprint density at radius 1 is 1.27 bits per heavy atom. The van der Waals surface area contributed by atoms with Crippen LogP contribution in [0.5, 0.6) is 0 Å². The lowest BCUT2D eigenvalue weighted by Crippen LogP contribution is -2.29. The van der Waals surface area contributed by atoms with E-state index >= 15 is 0 Å². The van der Waals surface area contributed by atoms with Crippen molar-refractivity contribution in [2.75, 3.05) is 6.54 Å². The molecule has 0 atom stereocenters. The van der Waals surface area contributed by atoms with Crippen LogP contribution < -0.4 is 0 Å². The molecular weight excluding hydrogens is 357 g/mol. The van der Waals surface area contributed by atoms with E-state index in [4.69, 9.17) is 35.4 Å². The number of hydrogen-bond donors (Lipinski definition) is 0. The molecule has 0 bridgehead atoms. The number of nitrogens with zero attached hydrogens (tertiary/aromatic N) is 1. The molecule has 1 heterocycles. The number of amides is 1. The van der Waals surface area contributed by atoms with Crippen LogP contribution in [0.3, 0.4) is 0 Å². The zero-order valence-corrected chi connectivity index (χ0v) is 15.4. The van der Waals surface area contributed by atoms with Crippen LogP contribution >= 0.6 is 47.2 Å². The number of carbonyl (C=O) groups excluding carboxylic acids is 1. The molecule has 1 fully saturated rings. The molecule has 2 nitrogen and oxygen atoms in total. The third-order valence-corrected chi connectivity index (χ3v) is 5.30. The van der Waals surface area contributed by atoms with E-state index in [1.807, 2.05) is 0 Å². The third kappa shape index (κ3) is 4.48. The summed E-state index contributed by atoms with van der Waals surface area (Å²) in [6, 6.07) is 5.23. The fraction of sp³-hybridized carbons (Fsp3) is 0.375. The van der Waals surface area contributed by atoms with Crippen molar-refractivity contribution in [2.45, 2.75) is 32.6 Å². The number of hydrogen-bond acceptors (Lipinski definition) is 3. The SMILES string of the molecule is CCCCCCN1C(=O)/C(=C\c2ccc(Cl)cc2Cl)SC1=S. The van der Waals surface area contributed by atoms with E-state index in [1.54, 1.807) is 29.2 Å². The Morgan fingerprint density at radius 3 is 2.73 bits per heavy atom. The maximum Gasteiger partial charge on any atom is 0.266 e. The highest BCUT2D eigenvalue weighted by molar-refractivity contribution is 8.26. The van der Waals surface area contributed by atoms with E-state index in [2.05, 4.69) is 6.92 Å². The summed E-state index contributed by atoms with van der Waals surface area (Å²) in [4.78, 5) is 14.7. The fourth-order valence-electron chi connectivity index (χ4n) is 2.15. The minimum absolute atomic E-state index is 0.0301. The second kappa shape index (κ2) is 8.34. The van der Waals surface area contributed by atoms with Crippen LogP contribution in [0.2, 0.25) is 10.0 Å². The zero-order valence-electron chi connectivity index (χ0n) is 12.3. The summed E-state index contributed by atoms with van der Waals surface area (Å²) in [5.74, 6) is -0.0301. The molecule has 1 saturated heterocycles. The minimum Gasteiger partial charge on any atom is -0.293 e. The Balaban J connectivity index is 2.08. The molecule has 1 aromatic rings. The summed E-state index contributed by atoms with van der Waals surface area (Å²) in [7, 11) is 0. The van der Waals surface area contributed by atoms with Crippen LogP contribution in [-0.2, 0) is 4.79 Å². The van der Waals surface area contributed by atoms with Gasteiger partial charge in [-0.3, -0.25) is 9.69 Å². The molecule has 0 saturated carbocycles. The first-order valence-corrected chi connectivity index (χ1v) is 9.21. The number of rotatable bonds is 6. The summed E-state index contributed by atoms with van der Waals surface area (Å²) in [5, 5.41) is 1.10. The molecule has 0 unspecified atom stereocenters. The van der Waals surface area contributed by atoms with Crippen LogP contribution in [0, 0.1) is 0 Å². The largest absolute Gasteiger partial charge is 0.293 e. The number of thiocarbonyl (C=S) groups is 1. The summed E-state index contributed by atoms with van der Waals surface area (Å²) >= 11 is 18.7. The first-order chi connectivity index (χ1) is 10.5. The van der Waals surface area contributed by atoms with Crippen molar-refractivity contribution in [3.63, 3.8) is 0 Å². The molecule has 1 aliphatic heterocycles. The lowest BCUT2D eigenvalue weighted by Gasteiger charge is -2.13. The van der Waals surface area contributed by atoms with E-state index in [0.717, 1.165) is 18.4 Å². The number of carbonyl (C=O) groups is 1. The van der Waals surface area contributed by atoms with Gasteiger partial charge in [-0.15, -0.1) is 0 Å². The van der Waals surface area contributed by atoms with Crippen LogP contribution in [-0.4, -0.2) is 21.7 Å². The first kappa shape index (κ1) is 17.8. The molecule has 6 heteroatoms. The number of halogens is 2. The van der Waals surface area contributed by atoms with Crippen molar-refractivity contribution in [2.24, 2.45) is 0 Å². The predicted octanol–water partition coefficient (Wildman–Crippen LogP) is 5.77. The second-order valence-electron chi connectivity index (χ2n) is 5.06. The number of unbranched alkanes of at least 4 members (excludes halogenated alkanes) is 3. The maximum atomic E-state index is 12.4. The average molecular weight is 374 g/mol. The van der Waals surface area contributed by atoms with Gasteiger partial charge in [0, 0.05) is 16.6 Å². The molecule has 1 amide bonds. The van der Waals surface area contributed by atoms with E-state index in [9.17, 15) is 4.79 Å². The maximum absolute atomic E-state index is 12.4. The Morgan fingerprint density at radius 2 is 2.05 bits per heavy atom. The Labute approximate surface area is 150 Å². The van der Waals surface area contributed by atoms with Gasteiger partial charge in [-0.1, -0.05) is 79.4 Å². The average Bonchev–Trinajstić information content (AvgIpc) is 2.73. The van der Waals surface area contributed by atoms with Gasteiger partial charge in [-0.05, 0) is 30.2 Å². The summed E-state index contributed by atoms with van der Waals surface area (Å²) in [6.07, 6.45) is 6.24. The highest BCUT2D eigenvalue weighted by atomic mass is 35.5. The smallest absolute Gasteiger partial charge is 0.266 e. The minimum atomic E-state index is -0.0301. The molecule has 0 spiro atoms. The monoisotopic (exact) mass is 373 g/mol. The van der Waals surface area contributed by atoms with E-state index in [-0.39, 0.29) is 5.91 Å². The number of benzene rings is 1. The Kier molecular flexibility index (Phi) is 6.75. The van der Waals surface area contributed by atoms with Crippen LogP contribution in [0.15, 0.2) is 23.1 Å². The molecule has 22 heavy (non-hydrogen) atoms. The summed E-state index contributed by atoms with van der Waals surface area (Å²) in [5.41, 5.74) is 0.776. The topological polar surface area (TPSA) is 20.3 Å². The third-order valence-electron chi connectivity index (χ3n) is 3.36. The summed E-state index contributed by atoms with van der Waals surface area (Å²) in [6.45, 7) is 2.86. The van der Waals surface area contributed by atoms with Crippen molar-refractivity contribution < 1.29 is 4.79 Å². The van der Waals surface area contributed by atoms with E-state index < -0.39 is 0 Å². The normalized spacial score (nSPS) is 16.9. The van der Waals surface area contributed by atoms with Gasteiger partial charge in [0.15, 0.2) is 0 Å². The van der Waals surface area contributed by atoms with Crippen molar-refractivity contribution in [3.05, 3.63) is 38.7 Å². The van der Waals surface area contributed by atoms with Gasteiger partial charge in [-0.25, -0.2) is 0 Å². The molecular formula is C16H17Cl2NOS2. The molecule has 0 aromatic heterocycles. The van der Waals surface area contributed by atoms with Gasteiger partial charge >= 0.3 is 0 Å². The fourth-order valence-corrected chi connectivity index (χ4v) is 3.91. The first-order valence-electron chi connectivity index (χ1n) is 7.23. The van der Waals surface area contributed by atoms with Gasteiger partial charge in [0.25, 0.3) is 5.91 Å². The van der Waals surface area contributed by atoms with E-state index in [0.29, 0.717) is 25.8 Å². The molecule has 1 aliphatic rings. The van der Waals surface area contributed by atoms with Gasteiger partial charge < -0.3 is 0 Å². The van der Waals surface area contributed by atoms with Crippen molar-refractivity contribution in [1.29, 1.82) is 0 Å². The predicted molar refractivity (Wildman–Crippen MR) is 100 cm³/mol. The highest BCUT2D eigenvalue weighted by Crippen LogP contribution is 2.34. The van der Waals surface area contributed by atoms with Crippen molar-refractivity contribution >= 4 is 63.5 Å². The van der Waals surface area contributed by atoms with Gasteiger partial charge in [0.2, 0.25) is 0 Å². The van der Waals surface area contributed by atoms with E-state index in [1.165, 1.54) is 24.6 Å². The number of thioether (sulfide) groups is 1. The second-order valence-corrected chi connectivity index (χ2v) is 7.58. The van der Waals surface area contributed by atoms with Crippen LogP contribution in [0.4, 0.5) is 0 Å². The van der Waals surface area contributed by atoms with Crippen LogP contribution in [0.1, 0.15) is 38.2 Å². The van der Waals surface area contributed by atoms with Crippen LogP contribution in [0.25, 0.3) is 6.08 Å². The Bertz CT molecular complexity index is 616. The zero-order chi connectivity index (χ0) is 16.1. The molecule has 1 aromatic carbocycles.